The van der Waals surface area contributed by atoms with Gasteiger partial charge in [-0.1, -0.05) is 22.0 Å². The smallest absolute Gasteiger partial charge is 0.368 e. The summed E-state index contributed by atoms with van der Waals surface area (Å²) in [6, 6.07) is 3.69. The van der Waals surface area contributed by atoms with E-state index in [0.717, 1.165) is 6.07 Å². The molecule has 0 bridgehead atoms. The van der Waals surface area contributed by atoms with E-state index in [-0.39, 0.29) is 5.69 Å². The van der Waals surface area contributed by atoms with Crippen molar-refractivity contribution in [1.82, 2.24) is 0 Å². The van der Waals surface area contributed by atoms with Crippen LogP contribution in [0.5, 0.6) is 0 Å². The van der Waals surface area contributed by atoms with Crippen molar-refractivity contribution in [2.45, 2.75) is 11.8 Å². The zero-order chi connectivity index (χ0) is 12.1. The first-order valence-corrected chi connectivity index (χ1v) is 4.96. The van der Waals surface area contributed by atoms with Gasteiger partial charge in [0.05, 0.1) is 0 Å². The molecule has 3 nitrogen and oxygen atoms in total. The molecule has 86 valence electrons. The number of alkyl halides is 3. The second-order valence-electron chi connectivity index (χ2n) is 3.35. The molecule has 2 rings (SSSR count). The van der Waals surface area contributed by atoms with E-state index in [1.807, 2.05) is 5.32 Å². The van der Waals surface area contributed by atoms with Crippen LogP contribution >= 0.6 is 15.9 Å². The first kappa shape index (κ1) is 11.4. The van der Waals surface area contributed by atoms with E-state index in [1.54, 1.807) is 0 Å². The topological polar surface area (TPSA) is 49.3 Å². The van der Waals surface area contributed by atoms with Crippen LogP contribution in [0.2, 0.25) is 0 Å². The molecule has 0 fully saturated rings. The maximum atomic E-state index is 12.7. The van der Waals surface area contributed by atoms with Crippen molar-refractivity contribution in [3.63, 3.8) is 0 Å². The van der Waals surface area contributed by atoms with Gasteiger partial charge in [0.25, 0.3) is 11.5 Å². The minimum atomic E-state index is -5.05. The zero-order valence-electron chi connectivity index (χ0n) is 7.60. The Bertz CT molecular complexity index is 474. The van der Waals surface area contributed by atoms with E-state index in [0.29, 0.717) is 4.47 Å². The van der Waals surface area contributed by atoms with Crippen LogP contribution in [-0.4, -0.2) is 17.2 Å². The quantitative estimate of drug-likeness (QED) is 0.770. The van der Waals surface area contributed by atoms with Crippen molar-refractivity contribution in [2.75, 3.05) is 5.32 Å². The fourth-order valence-corrected chi connectivity index (χ4v) is 1.91. The van der Waals surface area contributed by atoms with E-state index >= 15 is 0 Å². The molecule has 1 unspecified atom stereocenters. The maximum absolute atomic E-state index is 12.7. The molecule has 0 aliphatic carbocycles. The third-order valence-electron chi connectivity index (χ3n) is 2.36. The molecule has 1 aliphatic heterocycles. The molecule has 2 N–H and O–H groups in total. The molecular weight excluding hydrogens is 291 g/mol. The van der Waals surface area contributed by atoms with Crippen LogP contribution in [0.25, 0.3) is 0 Å². The molecule has 0 saturated carbocycles. The third-order valence-corrected chi connectivity index (χ3v) is 2.85. The van der Waals surface area contributed by atoms with Crippen molar-refractivity contribution in [3.8, 4) is 0 Å². The van der Waals surface area contributed by atoms with Gasteiger partial charge in [-0.15, -0.1) is 0 Å². The number of rotatable bonds is 0. The van der Waals surface area contributed by atoms with Crippen LogP contribution in [0.1, 0.15) is 5.56 Å². The summed E-state index contributed by atoms with van der Waals surface area (Å²) in [5.41, 5.74) is -3.98. The highest BCUT2D eigenvalue weighted by Crippen LogP contribution is 2.47. The lowest BCUT2D eigenvalue weighted by molar-refractivity contribution is -0.252. The van der Waals surface area contributed by atoms with Crippen molar-refractivity contribution in [3.05, 3.63) is 28.2 Å². The average Bonchev–Trinajstić information content (AvgIpc) is 2.38. The highest BCUT2D eigenvalue weighted by Gasteiger charge is 2.64. The zero-order valence-corrected chi connectivity index (χ0v) is 9.19. The van der Waals surface area contributed by atoms with E-state index in [2.05, 4.69) is 15.9 Å². The van der Waals surface area contributed by atoms with Gasteiger partial charge in [0.15, 0.2) is 0 Å². The first-order valence-electron chi connectivity index (χ1n) is 4.17. The lowest BCUT2D eigenvalue weighted by atomic mass is 9.95. The lowest BCUT2D eigenvalue weighted by Crippen LogP contribution is -2.47. The number of aliphatic hydroxyl groups is 1. The van der Waals surface area contributed by atoms with Gasteiger partial charge >= 0.3 is 6.18 Å². The number of nitrogens with one attached hydrogen (secondary N) is 1. The number of carbonyl (C=O) groups is 1. The standard InChI is InChI=1S/C9H5BrF3NO2/c10-4-1-2-5-6(3-4)14-7(15)8(5,16)9(11,12)13/h1-3,16H,(H,14,15). The molecule has 7 heteroatoms. The lowest BCUT2D eigenvalue weighted by Gasteiger charge is -2.23. The number of anilines is 1. The maximum Gasteiger partial charge on any atom is 0.430 e. The largest absolute Gasteiger partial charge is 0.430 e. The fourth-order valence-electron chi connectivity index (χ4n) is 1.55. The van der Waals surface area contributed by atoms with Crippen LogP contribution in [-0.2, 0) is 10.4 Å². The monoisotopic (exact) mass is 295 g/mol. The molecule has 1 aliphatic rings. The molecule has 0 aromatic heterocycles. The summed E-state index contributed by atoms with van der Waals surface area (Å²) in [5.74, 6) is -1.48. The molecule has 1 aromatic rings. The second-order valence-corrected chi connectivity index (χ2v) is 4.27. The molecule has 0 spiro atoms. The van der Waals surface area contributed by atoms with E-state index in [1.165, 1.54) is 12.1 Å². The molecule has 0 radical (unpaired) electrons. The van der Waals surface area contributed by atoms with Crippen LogP contribution in [0.15, 0.2) is 22.7 Å². The number of hydrogen-bond acceptors (Lipinski definition) is 2. The van der Waals surface area contributed by atoms with Gasteiger partial charge < -0.3 is 10.4 Å². The van der Waals surface area contributed by atoms with Crippen LogP contribution in [0.4, 0.5) is 18.9 Å². The Labute approximate surface area is 96.4 Å². The van der Waals surface area contributed by atoms with Crippen LogP contribution in [0.3, 0.4) is 0 Å². The van der Waals surface area contributed by atoms with Crippen molar-refractivity contribution in [1.29, 1.82) is 0 Å². The summed E-state index contributed by atoms with van der Waals surface area (Å²) in [6.07, 6.45) is -5.05. The minimum absolute atomic E-state index is 0.0424. The molecular formula is C9H5BrF3NO2. The summed E-state index contributed by atoms with van der Waals surface area (Å²) in [7, 11) is 0. The Morgan fingerprint density at radius 3 is 2.56 bits per heavy atom. The van der Waals surface area contributed by atoms with Gasteiger partial charge in [0.2, 0.25) is 0 Å². The number of halogens is 4. The van der Waals surface area contributed by atoms with Crippen molar-refractivity contribution >= 4 is 27.5 Å². The van der Waals surface area contributed by atoms with Gasteiger partial charge in [-0.25, -0.2) is 0 Å². The molecule has 1 amide bonds. The molecule has 1 heterocycles. The average molecular weight is 296 g/mol. The minimum Gasteiger partial charge on any atom is -0.368 e. The predicted molar refractivity (Wildman–Crippen MR) is 52.7 cm³/mol. The predicted octanol–water partition coefficient (Wildman–Crippen LogP) is 2.15. The summed E-state index contributed by atoms with van der Waals surface area (Å²) in [6.45, 7) is 0. The number of fused-ring (bicyclic) bond motifs is 1. The number of amides is 1. The third kappa shape index (κ3) is 1.35. The number of carbonyl (C=O) groups excluding carboxylic acids is 1. The summed E-state index contributed by atoms with van der Waals surface area (Å²) < 4.78 is 38.5. The summed E-state index contributed by atoms with van der Waals surface area (Å²) in [4.78, 5) is 11.2. The van der Waals surface area contributed by atoms with Crippen LogP contribution in [0, 0.1) is 0 Å². The summed E-state index contributed by atoms with van der Waals surface area (Å²) >= 11 is 3.06. The van der Waals surface area contributed by atoms with Crippen molar-refractivity contribution in [2.24, 2.45) is 0 Å². The Morgan fingerprint density at radius 1 is 1.38 bits per heavy atom. The van der Waals surface area contributed by atoms with E-state index in [9.17, 15) is 23.1 Å². The Hall–Kier alpha value is -1.08. The van der Waals surface area contributed by atoms with Gasteiger partial charge in [-0.3, -0.25) is 4.79 Å². The van der Waals surface area contributed by atoms with Gasteiger partial charge in [0.1, 0.15) is 0 Å². The summed E-state index contributed by atoms with van der Waals surface area (Å²) in [5, 5.41) is 11.5. The van der Waals surface area contributed by atoms with E-state index < -0.39 is 23.2 Å². The first-order chi connectivity index (χ1) is 7.26. The highest BCUT2D eigenvalue weighted by molar-refractivity contribution is 9.10. The number of hydrogen-bond donors (Lipinski definition) is 2. The van der Waals surface area contributed by atoms with Crippen LogP contribution < -0.4 is 5.32 Å². The van der Waals surface area contributed by atoms with Gasteiger partial charge in [-0.2, -0.15) is 13.2 Å². The Morgan fingerprint density at radius 2 is 2.00 bits per heavy atom. The molecule has 1 atom stereocenters. The molecule has 16 heavy (non-hydrogen) atoms. The van der Waals surface area contributed by atoms with E-state index in [4.69, 9.17) is 0 Å². The normalized spacial score (nSPS) is 24.2. The number of benzene rings is 1. The Balaban J connectivity index is 2.65. The molecule has 1 aromatic carbocycles. The SMILES string of the molecule is O=C1Nc2cc(Br)ccc2C1(O)C(F)(F)F. The second kappa shape index (κ2) is 3.21. The van der Waals surface area contributed by atoms with Gasteiger partial charge in [0, 0.05) is 15.7 Å². The van der Waals surface area contributed by atoms with Crippen molar-refractivity contribution < 1.29 is 23.1 Å². The Kier molecular flexibility index (Phi) is 2.29. The fraction of sp³-hybridized carbons (Fsp3) is 0.222. The van der Waals surface area contributed by atoms with Gasteiger partial charge in [-0.05, 0) is 12.1 Å². The highest BCUT2D eigenvalue weighted by atomic mass is 79.9. The molecule has 0 saturated heterocycles.